The zero-order chi connectivity index (χ0) is 16.2. The molecular weight excluding hydrogens is 288 g/mol. The summed E-state index contributed by atoms with van der Waals surface area (Å²) in [5.41, 5.74) is 1.39. The largest absolute Gasteiger partial charge is 0.364 e. The summed E-state index contributed by atoms with van der Waals surface area (Å²) >= 11 is 0. The molecule has 126 valence electrons. The van der Waals surface area contributed by atoms with Crippen molar-refractivity contribution in [2.24, 2.45) is 5.92 Å². The summed E-state index contributed by atoms with van der Waals surface area (Å²) in [4.78, 5) is 14.6. The summed E-state index contributed by atoms with van der Waals surface area (Å²) in [6.07, 6.45) is 3.08. The molecule has 1 amide bonds. The van der Waals surface area contributed by atoms with Crippen molar-refractivity contribution in [2.75, 3.05) is 19.6 Å². The topological polar surface area (TPSA) is 41.6 Å². The summed E-state index contributed by atoms with van der Waals surface area (Å²) in [6, 6.07) is 10.8. The summed E-state index contributed by atoms with van der Waals surface area (Å²) in [5, 5.41) is 2.97. The number of carbonyl (C=O) groups is 1. The van der Waals surface area contributed by atoms with E-state index in [1.165, 1.54) is 5.56 Å². The molecule has 2 heterocycles. The molecule has 2 fully saturated rings. The molecular formula is C19H28N2O2. The Hall–Kier alpha value is -1.39. The third-order valence-electron chi connectivity index (χ3n) is 4.92. The first-order valence-corrected chi connectivity index (χ1v) is 8.84. The molecule has 2 aliphatic heterocycles. The molecule has 2 saturated heterocycles. The van der Waals surface area contributed by atoms with Crippen molar-refractivity contribution in [3.05, 3.63) is 35.9 Å². The molecule has 0 spiro atoms. The smallest absolute Gasteiger partial charge is 0.249 e. The standard InChI is InChI=1S/C19H28N2O2/c1-14(2)20-19(22)17-12-16-9-11-21(13-18(16)23-17)10-8-15-6-4-3-5-7-15/h3-7,14,16-18H,8-13H2,1-2H3,(H,20,22)/t16-,17-,18+/m0/s1. The highest BCUT2D eigenvalue weighted by atomic mass is 16.5. The molecule has 4 heteroatoms. The van der Waals surface area contributed by atoms with Crippen LogP contribution >= 0.6 is 0 Å². The zero-order valence-corrected chi connectivity index (χ0v) is 14.2. The quantitative estimate of drug-likeness (QED) is 0.906. The first-order chi connectivity index (χ1) is 11.1. The number of carbonyl (C=O) groups excluding carboxylic acids is 1. The van der Waals surface area contributed by atoms with Crippen molar-refractivity contribution in [3.8, 4) is 0 Å². The molecule has 0 bridgehead atoms. The molecule has 3 atom stereocenters. The van der Waals surface area contributed by atoms with Gasteiger partial charge in [0.15, 0.2) is 0 Å². The van der Waals surface area contributed by atoms with Gasteiger partial charge in [0.25, 0.3) is 0 Å². The van der Waals surface area contributed by atoms with Gasteiger partial charge < -0.3 is 15.0 Å². The van der Waals surface area contributed by atoms with Gasteiger partial charge >= 0.3 is 0 Å². The number of ether oxygens (including phenoxy) is 1. The number of likely N-dealkylation sites (tertiary alicyclic amines) is 1. The highest BCUT2D eigenvalue weighted by Crippen LogP contribution is 2.33. The van der Waals surface area contributed by atoms with Gasteiger partial charge in [0.1, 0.15) is 6.10 Å². The van der Waals surface area contributed by atoms with E-state index in [1.54, 1.807) is 0 Å². The SMILES string of the molecule is CC(C)NC(=O)[C@@H]1C[C@@H]2CCN(CCc3ccccc3)C[C@H]2O1. The molecule has 1 aromatic carbocycles. The maximum absolute atomic E-state index is 12.1. The van der Waals surface area contributed by atoms with Gasteiger partial charge in [-0.1, -0.05) is 30.3 Å². The number of amides is 1. The number of rotatable bonds is 5. The van der Waals surface area contributed by atoms with Crippen LogP contribution in [0.2, 0.25) is 0 Å². The molecule has 0 unspecified atom stereocenters. The van der Waals surface area contributed by atoms with Crippen LogP contribution in [0.15, 0.2) is 30.3 Å². The maximum Gasteiger partial charge on any atom is 0.249 e. The molecule has 3 rings (SSSR count). The van der Waals surface area contributed by atoms with E-state index in [0.717, 1.165) is 38.9 Å². The van der Waals surface area contributed by atoms with Crippen molar-refractivity contribution < 1.29 is 9.53 Å². The second-order valence-corrected chi connectivity index (χ2v) is 7.15. The lowest BCUT2D eigenvalue weighted by Crippen LogP contribution is -2.43. The summed E-state index contributed by atoms with van der Waals surface area (Å²) < 4.78 is 6.06. The van der Waals surface area contributed by atoms with Gasteiger partial charge in [0.2, 0.25) is 5.91 Å². The minimum absolute atomic E-state index is 0.0604. The van der Waals surface area contributed by atoms with Gasteiger partial charge in [0.05, 0.1) is 6.10 Å². The molecule has 4 nitrogen and oxygen atoms in total. The number of hydrogen-bond acceptors (Lipinski definition) is 3. The van der Waals surface area contributed by atoms with E-state index < -0.39 is 0 Å². The van der Waals surface area contributed by atoms with Gasteiger partial charge in [-0.15, -0.1) is 0 Å². The Morgan fingerprint density at radius 2 is 2.13 bits per heavy atom. The monoisotopic (exact) mass is 316 g/mol. The van der Waals surface area contributed by atoms with Crippen LogP contribution in [0.3, 0.4) is 0 Å². The molecule has 2 aliphatic rings. The summed E-state index contributed by atoms with van der Waals surface area (Å²) in [6.45, 7) is 7.13. The van der Waals surface area contributed by atoms with E-state index in [1.807, 2.05) is 13.8 Å². The van der Waals surface area contributed by atoms with Gasteiger partial charge in [0, 0.05) is 19.1 Å². The van der Waals surface area contributed by atoms with Crippen molar-refractivity contribution in [1.29, 1.82) is 0 Å². The lowest BCUT2D eigenvalue weighted by molar-refractivity contribution is -0.133. The van der Waals surface area contributed by atoms with Crippen molar-refractivity contribution in [3.63, 3.8) is 0 Å². The normalized spacial score (nSPS) is 27.9. The van der Waals surface area contributed by atoms with Crippen LogP contribution in [0.4, 0.5) is 0 Å². The van der Waals surface area contributed by atoms with Gasteiger partial charge in [-0.3, -0.25) is 4.79 Å². The van der Waals surface area contributed by atoms with E-state index in [4.69, 9.17) is 4.74 Å². The van der Waals surface area contributed by atoms with Crippen LogP contribution in [0.5, 0.6) is 0 Å². The molecule has 0 saturated carbocycles. The number of nitrogens with zero attached hydrogens (tertiary/aromatic N) is 1. The Balaban J connectivity index is 1.48. The van der Waals surface area contributed by atoms with E-state index in [2.05, 4.69) is 40.5 Å². The fourth-order valence-corrected chi connectivity index (χ4v) is 3.68. The zero-order valence-electron chi connectivity index (χ0n) is 14.2. The predicted octanol–water partition coefficient (Wildman–Crippen LogP) is 2.23. The van der Waals surface area contributed by atoms with Gasteiger partial charge in [-0.05, 0) is 51.1 Å². The minimum Gasteiger partial charge on any atom is -0.364 e. The number of benzene rings is 1. The lowest BCUT2D eigenvalue weighted by Gasteiger charge is -2.34. The second-order valence-electron chi connectivity index (χ2n) is 7.15. The van der Waals surface area contributed by atoms with E-state index in [9.17, 15) is 4.79 Å². The van der Waals surface area contributed by atoms with Crippen LogP contribution < -0.4 is 5.32 Å². The Morgan fingerprint density at radius 3 is 2.87 bits per heavy atom. The molecule has 0 aromatic heterocycles. The van der Waals surface area contributed by atoms with Crippen LogP contribution in [0.25, 0.3) is 0 Å². The van der Waals surface area contributed by atoms with Gasteiger partial charge in [-0.2, -0.15) is 0 Å². The Morgan fingerprint density at radius 1 is 1.35 bits per heavy atom. The highest BCUT2D eigenvalue weighted by Gasteiger charge is 2.41. The molecule has 1 aromatic rings. The fourth-order valence-electron chi connectivity index (χ4n) is 3.68. The molecule has 1 N–H and O–H groups in total. The van der Waals surface area contributed by atoms with Gasteiger partial charge in [-0.25, -0.2) is 0 Å². The third-order valence-corrected chi connectivity index (χ3v) is 4.92. The number of fused-ring (bicyclic) bond motifs is 1. The van der Waals surface area contributed by atoms with Crippen LogP contribution in [0.1, 0.15) is 32.3 Å². The number of nitrogens with one attached hydrogen (secondary N) is 1. The van der Waals surface area contributed by atoms with Crippen molar-refractivity contribution >= 4 is 5.91 Å². The summed E-state index contributed by atoms with van der Waals surface area (Å²) in [7, 11) is 0. The molecule has 0 radical (unpaired) electrons. The predicted molar refractivity (Wildman–Crippen MR) is 91.2 cm³/mol. The highest BCUT2D eigenvalue weighted by molar-refractivity contribution is 5.81. The summed E-state index contributed by atoms with van der Waals surface area (Å²) in [5.74, 6) is 0.608. The van der Waals surface area contributed by atoms with Crippen molar-refractivity contribution in [1.82, 2.24) is 10.2 Å². The third kappa shape index (κ3) is 4.33. The maximum atomic E-state index is 12.1. The van der Waals surface area contributed by atoms with Crippen LogP contribution in [-0.4, -0.2) is 48.7 Å². The lowest BCUT2D eigenvalue weighted by atomic mass is 9.91. The van der Waals surface area contributed by atoms with Crippen LogP contribution in [-0.2, 0) is 16.0 Å². The Bertz CT molecular complexity index is 517. The fraction of sp³-hybridized carbons (Fsp3) is 0.632. The molecule has 23 heavy (non-hydrogen) atoms. The van der Waals surface area contributed by atoms with E-state index >= 15 is 0 Å². The second kappa shape index (κ2) is 7.45. The average molecular weight is 316 g/mol. The first-order valence-electron chi connectivity index (χ1n) is 8.84. The minimum atomic E-state index is -0.249. The Kier molecular flexibility index (Phi) is 5.34. The van der Waals surface area contributed by atoms with Crippen LogP contribution in [0, 0.1) is 5.92 Å². The Labute approximate surface area is 139 Å². The van der Waals surface area contributed by atoms with E-state index in [-0.39, 0.29) is 24.2 Å². The number of hydrogen-bond donors (Lipinski definition) is 1. The number of piperidine rings is 1. The molecule has 0 aliphatic carbocycles. The van der Waals surface area contributed by atoms with Crippen molar-refractivity contribution in [2.45, 2.75) is 51.4 Å². The van der Waals surface area contributed by atoms with E-state index in [0.29, 0.717) is 5.92 Å². The average Bonchev–Trinajstić information content (AvgIpc) is 2.96. The first kappa shape index (κ1) is 16.5.